The average molecular weight is 355 g/mol. The molecule has 1 aromatic carbocycles. The summed E-state index contributed by atoms with van der Waals surface area (Å²) in [7, 11) is 1.64. The summed E-state index contributed by atoms with van der Waals surface area (Å²) in [6, 6.07) is 12.3. The molecule has 1 N–H and O–H groups in total. The molecule has 2 heterocycles. The van der Waals surface area contributed by atoms with Crippen LogP contribution in [0.5, 0.6) is 0 Å². The number of benzene rings is 1. The minimum absolute atomic E-state index is 0.316. The SMILES string of the molecule is Cc1ccc([C@@]2(C)NC(=O)N(CC(=O)N(C)Cc3ccccc3)C2=O)o1. The van der Waals surface area contributed by atoms with Crippen LogP contribution in [0.3, 0.4) is 0 Å². The Hall–Kier alpha value is -3.09. The maximum atomic E-state index is 12.8. The molecular formula is C19H21N3O4. The standard InChI is InChI=1S/C19H21N3O4/c1-13-9-10-15(26-13)19(2)17(24)22(18(25)20-19)12-16(23)21(3)11-14-7-5-4-6-8-14/h4-10H,11-12H2,1-3H3,(H,20,25)/t19-/m1/s1. The van der Waals surface area contributed by atoms with Gasteiger partial charge in [0.05, 0.1) is 0 Å². The van der Waals surface area contributed by atoms with Crippen molar-refractivity contribution >= 4 is 17.8 Å². The van der Waals surface area contributed by atoms with Gasteiger partial charge in [0.25, 0.3) is 5.91 Å². The number of nitrogens with one attached hydrogen (secondary N) is 1. The summed E-state index contributed by atoms with van der Waals surface area (Å²) in [5, 5.41) is 2.63. The first-order chi connectivity index (χ1) is 12.3. The lowest BCUT2D eigenvalue weighted by Gasteiger charge is -2.21. The maximum Gasteiger partial charge on any atom is 0.325 e. The summed E-state index contributed by atoms with van der Waals surface area (Å²) in [5.41, 5.74) is -0.333. The summed E-state index contributed by atoms with van der Waals surface area (Å²) in [6.07, 6.45) is 0. The fraction of sp³-hybridized carbons (Fsp3) is 0.316. The number of rotatable bonds is 5. The number of amides is 4. The second-order valence-electron chi connectivity index (χ2n) is 6.59. The number of imide groups is 1. The van der Waals surface area contributed by atoms with Crippen LogP contribution >= 0.6 is 0 Å². The quantitative estimate of drug-likeness (QED) is 0.832. The predicted octanol–water partition coefficient (Wildman–Crippen LogP) is 2.01. The number of nitrogens with zero attached hydrogens (tertiary/aromatic N) is 2. The Kier molecular flexibility index (Phi) is 4.54. The van der Waals surface area contributed by atoms with Crippen LogP contribution in [-0.2, 0) is 21.7 Å². The van der Waals surface area contributed by atoms with Gasteiger partial charge in [0, 0.05) is 13.6 Å². The van der Waals surface area contributed by atoms with E-state index in [1.807, 2.05) is 30.3 Å². The van der Waals surface area contributed by atoms with Crippen LogP contribution in [0.15, 0.2) is 46.9 Å². The predicted molar refractivity (Wildman–Crippen MR) is 94.0 cm³/mol. The molecule has 1 atom stereocenters. The molecule has 1 aliphatic rings. The average Bonchev–Trinajstić information content (AvgIpc) is 3.14. The first-order valence-corrected chi connectivity index (χ1v) is 8.30. The van der Waals surface area contributed by atoms with E-state index in [0.29, 0.717) is 18.1 Å². The number of likely N-dealkylation sites (N-methyl/N-ethyl adjacent to an activating group) is 1. The number of hydrogen-bond donors (Lipinski definition) is 1. The molecular weight excluding hydrogens is 334 g/mol. The van der Waals surface area contributed by atoms with E-state index in [1.54, 1.807) is 33.0 Å². The largest absolute Gasteiger partial charge is 0.463 e. The van der Waals surface area contributed by atoms with Crippen LogP contribution in [0.2, 0.25) is 0 Å². The number of carbonyl (C=O) groups is 3. The van der Waals surface area contributed by atoms with E-state index < -0.39 is 17.5 Å². The zero-order valence-corrected chi connectivity index (χ0v) is 15.0. The van der Waals surface area contributed by atoms with E-state index in [0.717, 1.165) is 10.5 Å². The number of furan rings is 1. The van der Waals surface area contributed by atoms with Crippen molar-refractivity contribution in [2.45, 2.75) is 25.9 Å². The van der Waals surface area contributed by atoms with Gasteiger partial charge in [0.1, 0.15) is 18.1 Å². The Balaban J connectivity index is 1.70. The summed E-state index contributed by atoms with van der Waals surface area (Å²) < 4.78 is 5.51. The normalized spacial score (nSPS) is 19.6. The third-order valence-electron chi connectivity index (χ3n) is 4.49. The summed E-state index contributed by atoms with van der Waals surface area (Å²) in [6.45, 7) is 3.42. The molecule has 3 rings (SSSR count). The van der Waals surface area contributed by atoms with Crippen molar-refractivity contribution < 1.29 is 18.8 Å². The second kappa shape index (κ2) is 6.67. The molecule has 136 valence electrons. The summed E-state index contributed by atoms with van der Waals surface area (Å²) >= 11 is 0. The monoisotopic (exact) mass is 355 g/mol. The highest BCUT2D eigenvalue weighted by Crippen LogP contribution is 2.30. The molecule has 7 nitrogen and oxygen atoms in total. The van der Waals surface area contributed by atoms with E-state index >= 15 is 0 Å². The fourth-order valence-corrected chi connectivity index (χ4v) is 2.91. The molecule has 7 heteroatoms. The molecule has 4 amide bonds. The maximum absolute atomic E-state index is 12.8. The zero-order valence-electron chi connectivity index (χ0n) is 15.0. The number of hydrogen-bond acceptors (Lipinski definition) is 4. The van der Waals surface area contributed by atoms with Gasteiger partial charge < -0.3 is 14.6 Å². The molecule has 0 aliphatic carbocycles. The Labute approximate surface area is 151 Å². The Morgan fingerprint density at radius 3 is 2.50 bits per heavy atom. The van der Waals surface area contributed by atoms with Gasteiger partial charge in [-0.1, -0.05) is 30.3 Å². The number of carbonyl (C=O) groups excluding carboxylic acids is 3. The van der Waals surface area contributed by atoms with Gasteiger partial charge in [0.15, 0.2) is 5.54 Å². The van der Waals surface area contributed by atoms with E-state index in [2.05, 4.69) is 5.32 Å². The highest BCUT2D eigenvalue weighted by Gasteiger charge is 2.51. The van der Waals surface area contributed by atoms with Crippen molar-refractivity contribution in [1.29, 1.82) is 0 Å². The molecule has 0 saturated carbocycles. The zero-order chi connectivity index (χ0) is 18.9. The minimum atomic E-state index is -1.30. The first kappa shape index (κ1) is 17.7. The Morgan fingerprint density at radius 1 is 1.19 bits per heavy atom. The molecule has 0 unspecified atom stereocenters. The van der Waals surface area contributed by atoms with Crippen LogP contribution in [-0.4, -0.2) is 41.2 Å². The van der Waals surface area contributed by atoms with Crippen molar-refractivity contribution in [3.8, 4) is 0 Å². The molecule has 0 radical (unpaired) electrons. The van der Waals surface area contributed by atoms with Gasteiger partial charge in [-0.25, -0.2) is 4.79 Å². The topological polar surface area (TPSA) is 82.9 Å². The smallest absolute Gasteiger partial charge is 0.325 e. The lowest BCUT2D eigenvalue weighted by molar-refractivity contribution is -0.138. The minimum Gasteiger partial charge on any atom is -0.463 e. The molecule has 0 spiro atoms. The molecule has 1 aliphatic heterocycles. The van der Waals surface area contributed by atoms with Crippen molar-refractivity contribution in [1.82, 2.24) is 15.1 Å². The van der Waals surface area contributed by atoms with Crippen LogP contribution in [0, 0.1) is 6.92 Å². The molecule has 1 aromatic heterocycles. The van der Waals surface area contributed by atoms with Gasteiger partial charge in [0.2, 0.25) is 5.91 Å². The third-order valence-corrected chi connectivity index (χ3v) is 4.49. The lowest BCUT2D eigenvalue weighted by atomic mass is 9.99. The van der Waals surface area contributed by atoms with Crippen LogP contribution < -0.4 is 5.32 Å². The van der Waals surface area contributed by atoms with Gasteiger partial charge >= 0.3 is 6.03 Å². The van der Waals surface area contributed by atoms with Crippen molar-refractivity contribution in [3.63, 3.8) is 0 Å². The third kappa shape index (κ3) is 3.20. The number of urea groups is 1. The van der Waals surface area contributed by atoms with Gasteiger partial charge in [-0.05, 0) is 31.5 Å². The second-order valence-corrected chi connectivity index (χ2v) is 6.59. The summed E-state index contributed by atoms with van der Waals surface area (Å²) in [5.74, 6) is 0.164. The molecule has 1 saturated heterocycles. The molecule has 2 aromatic rings. The van der Waals surface area contributed by atoms with E-state index in [-0.39, 0.29) is 12.5 Å². The van der Waals surface area contributed by atoms with Crippen molar-refractivity contribution in [3.05, 3.63) is 59.5 Å². The first-order valence-electron chi connectivity index (χ1n) is 8.30. The lowest BCUT2D eigenvalue weighted by Crippen LogP contribution is -2.43. The highest BCUT2D eigenvalue weighted by atomic mass is 16.3. The van der Waals surface area contributed by atoms with Crippen LogP contribution in [0.4, 0.5) is 4.79 Å². The Bertz CT molecular complexity index is 845. The highest BCUT2D eigenvalue weighted by molar-refractivity contribution is 6.08. The molecule has 1 fully saturated rings. The van der Waals surface area contributed by atoms with E-state index in [1.165, 1.54) is 4.90 Å². The Morgan fingerprint density at radius 2 is 1.88 bits per heavy atom. The fourth-order valence-electron chi connectivity index (χ4n) is 2.91. The van der Waals surface area contributed by atoms with Crippen LogP contribution in [0.25, 0.3) is 0 Å². The summed E-state index contributed by atoms with van der Waals surface area (Å²) in [4.78, 5) is 39.9. The van der Waals surface area contributed by atoms with Crippen LogP contribution in [0.1, 0.15) is 24.0 Å². The van der Waals surface area contributed by atoms with Gasteiger partial charge in [-0.2, -0.15) is 0 Å². The van der Waals surface area contributed by atoms with Crippen molar-refractivity contribution in [2.75, 3.05) is 13.6 Å². The van der Waals surface area contributed by atoms with E-state index in [9.17, 15) is 14.4 Å². The number of aryl methyl sites for hydroxylation is 1. The van der Waals surface area contributed by atoms with Gasteiger partial charge in [-0.3, -0.25) is 14.5 Å². The van der Waals surface area contributed by atoms with Crippen molar-refractivity contribution in [2.24, 2.45) is 0 Å². The molecule has 26 heavy (non-hydrogen) atoms. The van der Waals surface area contributed by atoms with E-state index in [4.69, 9.17) is 4.42 Å². The van der Waals surface area contributed by atoms with Gasteiger partial charge in [-0.15, -0.1) is 0 Å². The molecule has 0 bridgehead atoms.